The predicted molar refractivity (Wildman–Crippen MR) is 87.2 cm³/mol. The third-order valence-electron chi connectivity index (χ3n) is 3.74. The van der Waals surface area contributed by atoms with Gasteiger partial charge < -0.3 is 5.32 Å². The molecule has 0 spiro atoms. The SMILES string of the molecule is CCCNCC1CCc2nc(CSCCC)ncc2C1. The van der Waals surface area contributed by atoms with Crippen LogP contribution in [0, 0.1) is 5.92 Å². The Kier molecular flexibility index (Phi) is 6.80. The van der Waals surface area contributed by atoms with Crippen molar-refractivity contribution >= 4 is 11.8 Å². The number of rotatable bonds is 8. The molecule has 0 saturated heterocycles. The average molecular weight is 293 g/mol. The van der Waals surface area contributed by atoms with Gasteiger partial charge in [0, 0.05) is 11.9 Å². The van der Waals surface area contributed by atoms with E-state index in [0.717, 1.165) is 43.4 Å². The lowest BCUT2D eigenvalue weighted by Crippen LogP contribution is -2.28. The molecule has 1 atom stereocenters. The molecule has 0 fully saturated rings. The highest BCUT2D eigenvalue weighted by molar-refractivity contribution is 7.98. The monoisotopic (exact) mass is 293 g/mol. The topological polar surface area (TPSA) is 37.8 Å². The number of hydrogen-bond acceptors (Lipinski definition) is 4. The van der Waals surface area contributed by atoms with Gasteiger partial charge in [0.1, 0.15) is 5.82 Å². The molecule has 2 rings (SSSR count). The lowest BCUT2D eigenvalue weighted by Gasteiger charge is -2.24. The summed E-state index contributed by atoms with van der Waals surface area (Å²) in [4.78, 5) is 9.31. The van der Waals surface area contributed by atoms with Crippen LogP contribution in [-0.2, 0) is 18.6 Å². The Labute approximate surface area is 127 Å². The quantitative estimate of drug-likeness (QED) is 0.747. The van der Waals surface area contributed by atoms with Gasteiger partial charge in [-0.3, -0.25) is 0 Å². The Morgan fingerprint density at radius 2 is 2.25 bits per heavy atom. The molecule has 1 N–H and O–H groups in total. The number of fused-ring (bicyclic) bond motifs is 1. The molecule has 0 aliphatic heterocycles. The molecule has 4 heteroatoms. The predicted octanol–water partition coefficient (Wildman–Crippen LogP) is 3.22. The Bertz CT molecular complexity index is 409. The standard InChI is InChI=1S/C16H27N3S/c1-3-7-17-10-13-5-6-15-14(9-13)11-18-16(19-15)12-20-8-4-2/h11,13,17H,3-10,12H2,1-2H3. The number of nitrogens with zero attached hydrogens (tertiary/aromatic N) is 2. The number of hydrogen-bond donors (Lipinski definition) is 1. The van der Waals surface area contributed by atoms with Crippen molar-refractivity contribution < 1.29 is 0 Å². The largest absolute Gasteiger partial charge is 0.316 e. The van der Waals surface area contributed by atoms with E-state index < -0.39 is 0 Å². The highest BCUT2D eigenvalue weighted by atomic mass is 32.2. The molecule has 0 amide bonds. The third kappa shape index (κ3) is 4.74. The first-order chi connectivity index (χ1) is 9.83. The van der Waals surface area contributed by atoms with E-state index in [-0.39, 0.29) is 0 Å². The van der Waals surface area contributed by atoms with Crippen LogP contribution in [0.25, 0.3) is 0 Å². The van der Waals surface area contributed by atoms with Crippen molar-refractivity contribution in [3.05, 3.63) is 23.3 Å². The average Bonchev–Trinajstić information content (AvgIpc) is 2.48. The van der Waals surface area contributed by atoms with Crippen molar-refractivity contribution in [2.75, 3.05) is 18.8 Å². The summed E-state index contributed by atoms with van der Waals surface area (Å²) >= 11 is 1.94. The van der Waals surface area contributed by atoms with Crippen molar-refractivity contribution in [3.63, 3.8) is 0 Å². The minimum absolute atomic E-state index is 0.762. The van der Waals surface area contributed by atoms with Gasteiger partial charge in [-0.05, 0) is 62.4 Å². The first kappa shape index (κ1) is 15.8. The summed E-state index contributed by atoms with van der Waals surface area (Å²) in [6, 6.07) is 0. The maximum Gasteiger partial charge on any atom is 0.138 e. The molecule has 0 bridgehead atoms. The second-order valence-corrected chi connectivity index (χ2v) is 6.73. The van der Waals surface area contributed by atoms with E-state index in [1.54, 1.807) is 0 Å². The van der Waals surface area contributed by atoms with Crippen LogP contribution in [-0.4, -0.2) is 28.8 Å². The summed E-state index contributed by atoms with van der Waals surface area (Å²) in [6.07, 6.45) is 8.06. The van der Waals surface area contributed by atoms with E-state index in [0.29, 0.717) is 0 Å². The molecule has 0 saturated carbocycles. The van der Waals surface area contributed by atoms with E-state index in [4.69, 9.17) is 4.98 Å². The highest BCUT2D eigenvalue weighted by Crippen LogP contribution is 2.24. The molecule has 3 nitrogen and oxygen atoms in total. The van der Waals surface area contributed by atoms with Crippen LogP contribution >= 0.6 is 11.8 Å². The van der Waals surface area contributed by atoms with Gasteiger partial charge in [-0.1, -0.05) is 13.8 Å². The van der Waals surface area contributed by atoms with Crippen LogP contribution in [0.1, 0.15) is 50.2 Å². The van der Waals surface area contributed by atoms with Gasteiger partial charge in [0.15, 0.2) is 0 Å². The number of thioether (sulfide) groups is 1. The Morgan fingerprint density at radius 1 is 1.35 bits per heavy atom. The van der Waals surface area contributed by atoms with Gasteiger partial charge >= 0.3 is 0 Å². The fraction of sp³-hybridized carbons (Fsp3) is 0.750. The van der Waals surface area contributed by atoms with Gasteiger partial charge in [0.2, 0.25) is 0 Å². The molecular weight excluding hydrogens is 266 g/mol. The van der Waals surface area contributed by atoms with Gasteiger partial charge in [-0.2, -0.15) is 11.8 Å². The van der Waals surface area contributed by atoms with Gasteiger partial charge in [0.25, 0.3) is 0 Å². The lowest BCUT2D eigenvalue weighted by atomic mass is 9.87. The molecule has 112 valence electrons. The van der Waals surface area contributed by atoms with Crippen molar-refractivity contribution in [2.45, 2.75) is 51.7 Å². The van der Waals surface area contributed by atoms with Crippen LogP contribution in [0.2, 0.25) is 0 Å². The zero-order valence-corrected chi connectivity index (χ0v) is 13.6. The Hall–Kier alpha value is -0.610. The molecule has 1 aromatic heterocycles. The molecule has 0 radical (unpaired) electrons. The lowest BCUT2D eigenvalue weighted by molar-refractivity contribution is 0.419. The molecule has 1 heterocycles. The molecule has 20 heavy (non-hydrogen) atoms. The van der Waals surface area contributed by atoms with Gasteiger partial charge in [0.05, 0.1) is 5.75 Å². The molecular formula is C16H27N3S. The minimum Gasteiger partial charge on any atom is -0.316 e. The maximum atomic E-state index is 4.76. The van der Waals surface area contributed by atoms with E-state index in [2.05, 4.69) is 30.3 Å². The van der Waals surface area contributed by atoms with E-state index in [1.807, 2.05) is 11.8 Å². The molecule has 1 unspecified atom stereocenters. The number of aryl methyl sites for hydroxylation is 1. The first-order valence-corrected chi connectivity index (χ1v) is 9.11. The Morgan fingerprint density at radius 3 is 3.05 bits per heavy atom. The third-order valence-corrected chi connectivity index (χ3v) is 4.90. The van der Waals surface area contributed by atoms with Crippen molar-refractivity contribution in [3.8, 4) is 0 Å². The number of aromatic nitrogens is 2. The fourth-order valence-electron chi connectivity index (χ4n) is 2.66. The van der Waals surface area contributed by atoms with E-state index in [9.17, 15) is 0 Å². The summed E-state index contributed by atoms with van der Waals surface area (Å²) in [6.45, 7) is 6.71. The summed E-state index contributed by atoms with van der Waals surface area (Å²) in [5, 5.41) is 3.54. The smallest absolute Gasteiger partial charge is 0.138 e. The number of nitrogens with one attached hydrogen (secondary N) is 1. The highest BCUT2D eigenvalue weighted by Gasteiger charge is 2.20. The van der Waals surface area contributed by atoms with Crippen molar-refractivity contribution in [2.24, 2.45) is 5.92 Å². The van der Waals surface area contributed by atoms with Crippen LogP contribution in [0.5, 0.6) is 0 Å². The van der Waals surface area contributed by atoms with Crippen LogP contribution in [0.4, 0.5) is 0 Å². The second kappa shape index (κ2) is 8.63. The Balaban J connectivity index is 1.86. The van der Waals surface area contributed by atoms with Crippen molar-refractivity contribution in [1.29, 1.82) is 0 Å². The van der Waals surface area contributed by atoms with Crippen LogP contribution in [0.3, 0.4) is 0 Å². The van der Waals surface area contributed by atoms with Crippen molar-refractivity contribution in [1.82, 2.24) is 15.3 Å². The maximum absolute atomic E-state index is 4.76. The first-order valence-electron chi connectivity index (χ1n) is 7.95. The summed E-state index contributed by atoms with van der Waals surface area (Å²) < 4.78 is 0. The van der Waals surface area contributed by atoms with Crippen LogP contribution in [0.15, 0.2) is 6.20 Å². The molecule has 1 aliphatic rings. The fourth-order valence-corrected chi connectivity index (χ4v) is 3.41. The molecule has 1 aliphatic carbocycles. The summed E-state index contributed by atoms with van der Waals surface area (Å²) in [7, 11) is 0. The van der Waals surface area contributed by atoms with Gasteiger partial charge in [-0.15, -0.1) is 0 Å². The van der Waals surface area contributed by atoms with Crippen LogP contribution < -0.4 is 5.32 Å². The molecule has 1 aromatic rings. The molecule has 0 aromatic carbocycles. The van der Waals surface area contributed by atoms with E-state index in [1.165, 1.54) is 36.3 Å². The summed E-state index contributed by atoms with van der Waals surface area (Å²) in [5.41, 5.74) is 2.68. The zero-order chi connectivity index (χ0) is 14.2. The zero-order valence-electron chi connectivity index (χ0n) is 12.8. The normalized spacial score (nSPS) is 18.0. The summed E-state index contributed by atoms with van der Waals surface area (Å²) in [5.74, 6) is 3.94. The van der Waals surface area contributed by atoms with E-state index >= 15 is 0 Å². The second-order valence-electron chi connectivity index (χ2n) is 5.62. The minimum atomic E-state index is 0.762. The van der Waals surface area contributed by atoms with Gasteiger partial charge in [-0.25, -0.2) is 9.97 Å².